The highest BCUT2D eigenvalue weighted by Crippen LogP contribution is 2.24. The van der Waals surface area contributed by atoms with E-state index in [1.165, 1.54) is 4.90 Å². The fourth-order valence-corrected chi connectivity index (χ4v) is 2.36. The van der Waals surface area contributed by atoms with Crippen molar-refractivity contribution < 1.29 is 27.5 Å². The number of hydrogen-bond donors (Lipinski definition) is 1. The number of carbonyl (C=O) groups excluding carboxylic acids is 2. The normalized spacial score (nSPS) is 22.4. The Bertz CT molecular complexity index is 395. The molecular weight excluding hydrogens is 289 g/mol. The van der Waals surface area contributed by atoms with Gasteiger partial charge in [0.25, 0.3) is 0 Å². The molecule has 1 heterocycles. The molecule has 0 radical (unpaired) electrons. The van der Waals surface area contributed by atoms with Crippen molar-refractivity contribution in [2.24, 2.45) is 0 Å². The van der Waals surface area contributed by atoms with Gasteiger partial charge in [-0.25, -0.2) is 0 Å². The van der Waals surface area contributed by atoms with Crippen LogP contribution in [-0.2, 0) is 14.3 Å². The van der Waals surface area contributed by atoms with Gasteiger partial charge in [0.2, 0.25) is 11.8 Å². The number of halogens is 3. The summed E-state index contributed by atoms with van der Waals surface area (Å²) in [6, 6.07) is -0.710. The predicted molar refractivity (Wildman–Crippen MR) is 69.5 cm³/mol. The predicted octanol–water partition coefficient (Wildman–Crippen LogP) is 1.47. The minimum atomic E-state index is -4.40. The van der Waals surface area contributed by atoms with Crippen LogP contribution in [0.3, 0.4) is 0 Å². The highest BCUT2D eigenvalue weighted by molar-refractivity contribution is 5.99. The number of alkyl halides is 3. The maximum Gasteiger partial charge on any atom is 0.411 e. The summed E-state index contributed by atoms with van der Waals surface area (Å²) < 4.78 is 40.5. The van der Waals surface area contributed by atoms with Gasteiger partial charge in [0.05, 0.1) is 6.61 Å². The number of rotatable bonds is 6. The molecule has 1 atom stereocenters. The zero-order valence-corrected chi connectivity index (χ0v) is 12.4. The van der Waals surface area contributed by atoms with Crippen LogP contribution in [0.5, 0.6) is 0 Å². The highest BCUT2D eigenvalue weighted by atomic mass is 19.4. The SMILES string of the molecule is CCC1(CC)NC(=O)C(C)N(CCOCC(F)(F)F)C1=O. The van der Waals surface area contributed by atoms with E-state index in [9.17, 15) is 22.8 Å². The number of piperazine rings is 1. The van der Waals surface area contributed by atoms with E-state index in [0.717, 1.165) is 0 Å². The highest BCUT2D eigenvalue weighted by Gasteiger charge is 2.47. The number of ether oxygens (including phenoxy) is 1. The third kappa shape index (κ3) is 4.09. The first kappa shape index (κ1) is 17.7. The van der Waals surface area contributed by atoms with E-state index >= 15 is 0 Å². The van der Waals surface area contributed by atoms with Crippen molar-refractivity contribution in [1.82, 2.24) is 10.2 Å². The molecule has 1 aliphatic heterocycles. The lowest BCUT2D eigenvalue weighted by molar-refractivity contribution is -0.176. The van der Waals surface area contributed by atoms with Gasteiger partial charge >= 0.3 is 6.18 Å². The van der Waals surface area contributed by atoms with E-state index in [2.05, 4.69) is 10.1 Å². The van der Waals surface area contributed by atoms with Gasteiger partial charge in [-0.05, 0) is 19.8 Å². The maximum absolute atomic E-state index is 12.5. The third-order valence-electron chi connectivity index (χ3n) is 3.83. The van der Waals surface area contributed by atoms with Gasteiger partial charge in [0.15, 0.2) is 0 Å². The van der Waals surface area contributed by atoms with E-state index in [1.807, 2.05) is 0 Å². The molecule has 8 heteroatoms. The van der Waals surface area contributed by atoms with Crippen molar-refractivity contribution in [2.45, 2.75) is 51.4 Å². The number of nitrogens with zero attached hydrogens (tertiary/aromatic N) is 1. The van der Waals surface area contributed by atoms with E-state index < -0.39 is 24.4 Å². The van der Waals surface area contributed by atoms with E-state index in [-0.39, 0.29) is 25.0 Å². The lowest BCUT2D eigenvalue weighted by atomic mass is 9.87. The molecule has 1 saturated heterocycles. The van der Waals surface area contributed by atoms with Crippen molar-refractivity contribution in [3.8, 4) is 0 Å². The summed E-state index contributed by atoms with van der Waals surface area (Å²) in [4.78, 5) is 25.7. The monoisotopic (exact) mass is 310 g/mol. The van der Waals surface area contributed by atoms with Crippen molar-refractivity contribution in [2.75, 3.05) is 19.8 Å². The number of nitrogens with one attached hydrogen (secondary N) is 1. The van der Waals surface area contributed by atoms with Gasteiger partial charge < -0.3 is 15.0 Å². The lowest BCUT2D eigenvalue weighted by Gasteiger charge is -2.44. The quantitative estimate of drug-likeness (QED) is 0.756. The van der Waals surface area contributed by atoms with Crippen LogP contribution < -0.4 is 5.32 Å². The second-order valence-corrected chi connectivity index (χ2v) is 5.12. The van der Waals surface area contributed by atoms with Gasteiger partial charge in [-0.1, -0.05) is 13.8 Å². The average Bonchev–Trinajstić information content (AvgIpc) is 2.41. The summed E-state index contributed by atoms with van der Waals surface area (Å²) in [7, 11) is 0. The van der Waals surface area contributed by atoms with Crippen molar-refractivity contribution in [1.29, 1.82) is 0 Å². The smallest absolute Gasteiger partial charge is 0.370 e. The van der Waals surface area contributed by atoms with Gasteiger partial charge in [-0.3, -0.25) is 9.59 Å². The molecular formula is C13H21F3N2O3. The second-order valence-electron chi connectivity index (χ2n) is 5.12. The summed E-state index contributed by atoms with van der Waals surface area (Å²) in [5.41, 5.74) is -0.965. The van der Waals surface area contributed by atoms with Crippen LogP contribution in [0.4, 0.5) is 13.2 Å². The van der Waals surface area contributed by atoms with Gasteiger partial charge in [0.1, 0.15) is 18.2 Å². The Morgan fingerprint density at radius 3 is 2.33 bits per heavy atom. The maximum atomic E-state index is 12.5. The molecule has 0 bridgehead atoms. The van der Waals surface area contributed by atoms with Crippen LogP contribution in [0.15, 0.2) is 0 Å². The van der Waals surface area contributed by atoms with Crippen molar-refractivity contribution in [3.63, 3.8) is 0 Å². The molecule has 0 spiro atoms. The summed E-state index contributed by atoms with van der Waals surface area (Å²) in [6.45, 7) is 3.47. The van der Waals surface area contributed by atoms with Gasteiger partial charge in [0, 0.05) is 6.54 Å². The Hall–Kier alpha value is -1.31. The standard InChI is InChI=1S/C13H21F3N2O3/c1-4-12(5-2)11(20)18(9(3)10(19)17-12)6-7-21-8-13(14,15)16/h9H,4-8H2,1-3H3,(H,17,19). The van der Waals surface area contributed by atoms with E-state index in [4.69, 9.17) is 0 Å². The molecule has 1 unspecified atom stereocenters. The Labute approximate surface area is 121 Å². The first-order chi connectivity index (χ1) is 9.67. The fourth-order valence-electron chi connectivity index (χ4n) is 2.36. The van der Waals surface area contributed by atoms with Crippen molar-refractivity contribution in [3.05, 3.63) is 0 Å². The Morgan fingerprint density at radius 2 is 1.86 bits per heavy atom. The minimum absolute atomic E-state index is 0.0365. The zero-order chi connectivity index (χ0) is 16.3. The molecule has 0 aromatic rings. The number of carbonyl (C=O) groups is 2. The van der Waals surface area contributed by atoms with Gasteiger partial charge in [-0.2, -0.15) is 13.2 Å². The molecule has 0 aromatic heterocycles. The number of amides is 2. The average molecular weight is 310 g/mol. The van der Waals surface area contributed by atoms with Crippen LogP contribution in [0.25, 0.3) is 0 Å². The largest absolute Gasteiger partial charge is 0.411 e. The topological polar surface area (TPSA) is 58.6 Å². The molecule has 21 heavy (non-hydrogen) atoms. The number of hydrogen-bond acceptors (Lipinski definition) is 3. The third-order valence-corrected chi connectivity index (χ3v) is 3.83. The molecule has 1 N–H and O–H groups in total. The minimum Gasteiger partial charge on any atom is -0.370 e. The van der Waals surface area contributed by atoms with Crippen LogP contribution in [0.2, 0.25) is 0 Å². The fraction of sp³-hybridized carbons (Fsp3) is 0.846. The summed E-state index contributed by atoms with van der Waals surface area (Å²) in [6.07, 6.45) is -3.53. The summed E-state index contributed by atoms with van der Waals surface area (Å²) >= 11 is 0. The molecule has 0 aliphatic carbocycles. The Morgan fingerprint density at radius 1 is 1.29 bits per heavy atom. The molecule has 1 aliphatic rings. The van der Waals surface area contributed by atoms with Crippen LogP contribution in [-0.4, -0.2) is 54.2 Å². The van der Waals surface area contributed by atoms with E-state index in [1.54, 1.807) is 20.8 Å². The molecule has 1 rings (SSSR count). The van der Waals surface area contributed by atoms with Gasteiger partial charge in [-0.15, -0.1) is 0 Å². The Balaban J connectivity index is 2.69. The van der Waals surface area contributed by atoms with Crippen LogP contribution in [0, 0.1) is 0 Å². The summed E-state index contributed by atoms with van der Waals surface area (Å²) in [5.74, 6) is -0.565. The van der Waals surface area contributed by atoms with E-state index in [0.29, 0.717) is 12.8 Å². The van der Waals surface area contributed by atoms with Crippen molar-refractivity contribution >= 4 is 11.8 Å². The molecule has 2 amide bonds. The second kappa shape index (κ2) is 6.64. The van der Waals surface area contributed by atoms with Crippen LogP contribution in [0.1, 0.15) is 33.6 Å². The molecule has 5 nitrogen and oxygen atoms in total. The lowest BCUT2D eigenvalue weighted by Crippen LogP contribution is -2.69. The first-order valence-electron chi connectivity index (χ1n) is 6.94. The molecule has 0 aromatic carbocycles. The zero-order valence-electron chi connectivity index (χ0n) is 12.4. The van der Waals surface area contributed by atoms with Crippen LogP contribution >= 0.6 is 0 Å². The summed E-state index contributed by atoms with van der Waals surface area (Å²) in [5, 5.41) is 2.72. The Kier molecular flexibility index (Phi) is 5.61. The molecule has 1 fully saturated rings. The molecule has 0 saturated carbocycles. The molecule has 122 valence electrons. The first-order valence-corrected chi connectivity index (χ1v) is 6.94.